The number of anilines is 2. The van der Waals surface area contributed by atoms with E-state index in [0.717, 1.165) is 45.7 Å². The Kier molecular flexibility index (Phi) is 4.64. The number of hydrogen-bond donors (Lipinski definition) is 1. The van der Waals surface area contributed by atoms with E-state index in [4.69, 9.17) is 0 Å². The second-order valence-electron chi connectivity index (χ2n) is 7.38. The van der Waals surface area contributed by atoms with Crippen LogP contribution in [0.2, 0.25) is 0 Å². The molecule has 4 nitrogen and oxygen atoms in total. The van der Waals surface area contributed by atoms with Gasteiger partial charge in [0.1, 0.15) is 11.3 Å². The summed E-state index contributed by atoms with van der Waals surface area (Å²) < 4.78 is 14.8. The Balaban J connectivity index is 1.36. The summed E-state index contributed by atoms with van der Waals surface area (Å²) >= 11 is 1.48. The maximum Gasteiger partial charge on any atom is 0.229 e. The van der Waals surface area contributed by atoms with Crippen molar-refractivity contribution >= 4 is 49.1 Å². The first-order chi connectivity index (χ1) is 14.2. The lowest BCUT2D eigenvalue weighted by atomic mass is 9.97. The van der Waals surface area contributed by atoms with Crippen LogP contribution in [0.5, 0.6) is 0 Å². The van der Waals surface area contributed by atoms with Crippen LogP contribution in [0.15, 0.2) is 60.7 Å². The lowest BCUT2D eigenvalue weighted by molar-refractivity contribution is -0.120. The molecule has 3 aromatic carbocycles. The summed E-state index contributed by atoms with van der Waals surface area (Å²) in [5.74, 6) is -0.398. The molecule has 4 aromatic rings. The van der Waals surface area contributed by atoms with Gasteiger partial charge in [0.2, 0.25) is 5.91 Å². The van der Waals surface area contributed by atoms with E-state index in [2.05, 4.69) is 15.2 Å². The van der Waals surface area contributed by atoms with Gasteiger partial charge in [-0.2, -0.15) is 0 Å². The fourth-order valence-corrected chi connectivity index (χ4v) is 4.99. The van der Waals surface area contributed by atoms with E-state index in [-0.39, 0.29) is 17.6 Å². The van der Waals surface area contributed by atoms with Gasteiger partial charge >= 0.3 is 0 Å². The van der Waals surface area contributed by atoms with Crippen LogP contribution in [-0.4, -0.2) is 24.0 Å². The van der Waals surface area contributed by atoms with Crippen molar-refractivity contribution in [3.05, 3.63) is 66.5 Å². The van der Waals surface area contributed by atoms with Crippen LogP contribution in [0, 0.1) is 11.7 Å². The standard InChI is InChI=1S/C23H20FN3OS/c24-18-10-4-12-20-21(18)26-23(29-20)27-13-5-8-16(14-27)22(28)25-19-11-3-7-15-6-1-2-9-17(15)19/h1-4,6-7,9-12,16H,5,8,13-14H2,(H,25,28). The molecule has 2 heterocycles. The average molecular weight is 405 g/mol. The molecule has 1 atom stereocenters. The lowest BCUT2D eigenvalue weighted by Crippen LogP contribution is -2.40. The smallest absolute Gasteiger partial charge is 0.229 e. The first-order valence-corrected chi connectivity index (χ1v) is 10.6. The largest absolute Gasteiger partial charge is 0.347 e. The topological polar surface area (TPSA) is 45.2 Å². The average Bonchev–Trinajstić information content (AvgIpc) is 3.20. The second kappa shape index (κ2) is 7.44. The summed E-state index contributed by atoms with van der Waals surface area (Å²) in [5, 5.41) is 6.05. The molecule has 1 aliphatic heterocycles. The summed E-state index contributed by atoms with van der Waals surface area (Å²) in [4.78, 5) is 19.6. The van der Waals surface area contributed by atoms with E-state index in [1.54, 1.807) is 6.07 Å². The van der Waals surface area contributed by atoms with Crippen LogP contribution in [0.1, 0.15) is 12.8 Å². The molecule has 1 aliphatic rings. The molecule has 0 saturated carbocycles. The summed E-state index contributed by atoms with van der Waals surface area (Å²) in [6.45, 7) is 1.43. The van der Waals surface area contributed by atoms with Gasteiger partial charge in [-0.25, -0.2) is 9.37 Å². The summed E-state index contributed by atoms with van der Waals surface area (Å²) in [6.07, 6.45) is 1.75. The van der Waals surface area contributed by atoms with Gasteiger partial charge in [-0.3, -0.25) is 4.79 Å². The Labute approximate surface area is 172 Å². The minimum Gasteiger partial charge on any atom is -0.347 e. The normalized spacial score (nSPS) is 17.0. The number of piperidine rings is 1. The third kappa shape index (κ3) is 3.44. The molecule has 0 spiro atoms. The lowest BCUT2D eigenvalue weighted by Gasteiger charge is -2.31. The molecule has 6 heteroatoms. The van der Waals surface area contributed by atoms with Crippen molar-refractivity contribution in [2.75, 3.05) is 23.3 Å². The van der Waals surface area contributed by atoms with Gasteiger partial charge in [0, 0.05) is 24.2 Å². The molecule has 1 saturated heterocycles. The number of halogens is 1. The Morgan fingerprint density at radius 1 is 1.10 bits per heavy atom. The minimum absolute atomic E-state index is 0.0262. The molecule has 29 heavy (non-hydrogen) atoms. The number of nitrogens with one attached hydrogen (secondary N) is 1. The highest BCUT2D eigenvalue weighted by Gasteiger charge is 2.28. The van der Waals surface area contributed by atoms with Crippen molar-refractivity contribution in [3.8, 4) is 0 Å². The van der Waals surface area contributed by atoms with E-state index in [9.17, 15) is 9.18 Å². The molecule has 1 amide bonds. The van der Waals surface area contributed by atoms with Gasteiger partial charge in [-0.1, -0.05) is 53.8 Å². The van der Waals surface area contributed by atoms with Crippen molar-refractivity contribution in [2.45, 2.75) is 12.8 Å². The van der Waals surface area contributed by atoms with E-state index in [1.807, 2.05) is 48.5 Å². The number of carbonyl (C=O) groups is 1. The highest BCUT2D eigenvalue weighted by molar-refractivity contribution is 7.22. The molecule has 0 aliphatic carbocycles. The van der Waals surface area contributed by atoms with Crippen molar-refractivity contribution in [2.24, 2.45) is 5.92 Å². The number of aromatic nitrogens is 1. The molecule has 1 N–H and O–H groups in total. The number of hydrogen-bond acceptors (Lipinski definition) is 4. The first-order valence-electron chi connectivity index (χ1n) is 9.78. The molecular formula is C23H20FN3OS. The van der Waals surface area contributed by atoms with Crippen molar-refractivity contribution in [1.29, 1.82) is 0 Å². The number of rotatable bonds is 3. The van der Waals surface area contributed by atoms with Crippen LogP contribution < -0.4 is 10.2 Å². The van der Waals surface area contributed by atoms with E-state index >= 15 is 0 Å². The quantitative estimate of drug-likeness (QED) is 0.493. The molecule has 1 unspecified atom stereocenters. The maximum atomic E-state index is 14.0. The van der Waals surface area contributed by atoms with Crippen LogP contribution in [0.25, 0.3) is 21.0 Å². The first kappa shape index (κ1) is 18.1. The predicted molar refractivity (Wildman–Crippen MR) is 117 cm³/mol. The van der Waals surface area contributed by atoms with Crippen LogP contribution in [0.4, 0.5) is 15.2 Å². The number of amides is 1. The minimum atomic E-state index is -0.299. The van der Waals surface area contributed by atoms with Crippen molar-refractivity contribution in [3.63, 3.8) is 0 Å². The summed E-state index contributed by atoms with van der Waals surface area (Å²) in [6, 6.07) is 19.0. The fraction of sp³-hybridized carbons (Fsp3) is 0.217. The fourth-order valence-electron chi connectivity index (χ4n) is 3.97. The molecule has 1 aromatic heterocycles. The molecule has 5 rings (SSSR count). The van der Waals surface area contributed by atoms with Crippen molar-refractivity contribution in [1.82, 2.24) is 4.98 Å². The molecule has 0 radical (unpaired) electrons. The van der Waals surface area contributed by atoms with Gasteiger partial charge in [-0.05, 0) is 36.4 Å². The van der Waals surface area contributed by atoms with Crippen LogP contribution in [0.3, 0.4) is 0 Å². The van der Waals surface area contributed by atoms with Gasteiger partial charge in [0.25, 0.3) is 0 Å². The number of benzene rings is 3. The highest BCUT2D eigenvalue weighted by atomic mass is 32.1. The Bertz CT molecular complexity index is 1200. The predicted octanol–water partition coefficient (Wildman–Crippen LogP) is 5.44. The maximum absolute atomic E-state index is 14.0. The van der Waals surface area contributed by atoms with Crippen molar-refractivity contribution < 1.29 is 9.18 Å². The van der Waals surface area contributed by atoms with E-state index < -0.39 is 0 Å². The van der Waals surface area contributed by atoms with E-state index in [0.29, 0.717) is 12.1 Å². The zero-order valence-electron chi connectivity index (χ0n) is 15.8. The highest BCUT2D eigenvalue weighted by Crippen LogP contribution is 2.33. The van der Waals surface area contributed by atoms with Crippen LogP contribution in [-0.2, 0) is 4.79 Å². The SMILES string of the molecule is O=C(Nc1cccc2ccccc12)C1CCCN(c2nc3c(F)cccc3s2)C1. The van der Waals surface area contributed by atoms with Gasteiger partial charge in [0.05, 0.1) is 10.6 Å². The molecule has 146 valence electrons. The van der Waals surface area contributed by atoms with Gasteiger partial charge in [0.15, 0.2) is 5.13 Å². The third-order valence-corrected chi connectivity index (χ3v) is 6.55. The summed E-state index contributed by atoms with van der Waals surface area (Å²) in [7, 11) is 0. The Morgan fingerprint density at radius 2 is 1.93 bits per heavy atom. The van der Waals surface area contributed by atoms with Crippen LogP contribution >= 0.6 is 11.3 Å². The molecular weight excluding hydrogens is 385 g/mol. The molecule has 1 fully saturated rings. The number of carbonyl (C=O) groups excluding carboxylic acids is 1. The number of para-hydroxylation sites is 1. The zero-order valence-corrected chi connectivity index (χ0v) is 16.6. The van der Waals surface area contributed by atoms with E-state index in [1.165, 1.54) is 17.4 Å². The van der Waals surface area contributed by atoms with Gasteiger partial charge < -0.3 is 10.2 Å². The number of thiazole rings is 1. The monoisotopic (exact) mass is 405 g/mol. The number of nitrogens with zero attached hydrogens (tertiary/aromatic N) is 2. The number of fused-ring (bicyclic) bond motifs is 2. The zero-order chi connectivity index (χ0) is 19.8. The summed E-state index contributed by atoms with van der Waals surface area (Å²) in [5.41, 5.74) is 1.25. The van der Waals surface area contributed by atoms with Gasteiger partial charge in [-0.15, -0.1) is 0 Å². The third-order valence-electron chi connectivity index (χ3n) is 5.47. The molecule has 0 bridgehead atoms. The Hall–Kier alpha value is -2.99. The Morgan fingerprint density at radius 3 is 2.83 bits per heavy atom. The second-order valence-corrected chi connectivity index (χ2v) is 8.39.